The van der Waals surface area contributed by atoms with E-state index in [1.807, 2.05) is 48.5 Å². The second kappa shape index (κ2) is 7.87. The van der Waals surface area contributed by atoms with Crippen LogP contribution >= 0.6 is 11.8 Å². The van der Waals surface area contributed by atoms with Gasteiger partial charge in [-0.3, -0.25) is 14.9 Å². The van der Waals surface area contributed by atoms with Gasteiger partial charge >= 0.3 is 0 Å². The molecule has 0 unspecified atom stereocenters. The summed E-state index contributed by atoms with van der Waals surface area (Å²) in [5, 5.41) is 1.91. The van der Waals surface area contributed by atoms with Crippen molar-refractivity contribution < 1.29 is 18.7 Å². The van der Waals surface area contributed by atoms with E-state index < -0.39 is 0 Å². The summed E-state index contributed by atoms with van der Waals surface area (Å²) in [5.74, 6) is 0.395. The number of thioether (sulfide) groups is 1. The summed E-state index contributed by atoms with van der Waals surface area (Å²) < 4.78 is 11.9. The Labute approximate surface area is 177 Å². The molecular weight excluding hydrogens is 402 g/mol. The molecule has 0 aliphatic carbocycles. The minimum absolute atomic E-state index is 0.199. The molecule has 2 amide bonds. The van der Waals surface area contributed by atoms with E-state index >= 15 is 0 Å². The van der Waals surface area contributed by atoms with Crippen LogP contribution < -0.4 is 15.0 Å². The topological polar surface area (TPSA) is 84.7 Å². The monoisotopic (exact) mass is 421 g/mol. The van der Waals surface area contributed by atoms with Crippen LogP contribution in [0.1, 0.15) is 18.4 Å². The lowest BCUT2D eigenvalue weighted by Crippen LogP contribution is -2.34. The Balaban J connectivity index is 1.23. The number of para-hydroxylation sites is 2. The SMILES string of the molecule is O=C1NC(=O)C(=Cc2ccc(OC[C@@H]3CCCN3c3nc4ccccc4o3)cc2)S1. The molecule has 2 aliphatic heterocycles. The zero-order valence-corrected chi connectivity index (χ0v) is 16.9. The van der Waals surface area contributed by atoms with Crippen molar-refractivity contribution in [1.82, 2.24) is 10.3 Å². The molecule has 1 aromatic heterocycles. The molecule has 5 rings (SSSR count). The van der Waals surface area contributed by atoms with E-state index in [9.17, 15) is 9.59 Å². The zero-order valence-electron chi connectivity index (χ0n) is 16.0. The first kappa shape index (κ1) is 18.7. The minimum atomic E-state index is -0.356. The van der Waals surface area contributed by atoms with Crippen molar-refractivity contribution in [1.29, 1.82) is 0 Å². The molecule has 0 spiro atoms. The number of aromatic nitrogens is 1. The van der Waals surface area contributed by atoms with E-state index in [0.29, 0.717) is 17.5 Å². The van der Waals surface area contributed by atoms with Gasteiger partial charge in [-0.2, -0.15) is 4.98 Å². The summed E-state index contributed by atoms with van der Waals surface area (Å²) in [6, 6.07) is 16.1. The molecular formula is C22H19N3O4S. The van der Waals surface area contributed by atoms with Gasteiger partial charge in [0.2, 0.25) is 0 Å². The maximum atomic E-state index is 11.6. The van der Waals surface area contributed by atoms with Crippen molar-refractivity contribution in [3.05, 3.63) is 59.0 Å². The summed E-state index contributed by atoms with van der Waals surface area (Å²) in [6.07, 6.45) is 3.78. The first-order chi connectivity index (χ1) is 14.7. The van der Waals surface area contributed by atoms with Gasteiger partial charge in [-0.15, -0.1) is 0 Å². The fourth-order valence-corrected chi connectivity index (χ4v) is 4.35. The third kappa shape index (κ3) is 3.78. The average Bonchev–Trinajstić information content (AvgIpc) is 3.45. The van der Waals surface area contributed by atoms with Gasteiger partial charge < -0.3 is 14.1 Å². The number of carbonyl (C=O) groups is 2. The van der Waals surface area contributed by atoms with Crippen molar-refractivity contribution in [2.75, 3.05) is 18.1 Å². The quantitative estimate of drug-likeness (QED) is 0.618. The fraction of sp³-hybridized carbons (Fsp3) is 0.227. The van der Waals surface area contributed by atoms with Crippen LogP contribution in [0.5, 0.6) is 5.75 Å². The summed E-state index contributed by atoms with van der Waals surface area (Å²) in [4.78, 5) is 30.1. The highest BCUT2D eigenvalue weighted by Crippen LogP contribution is 2.29. The second-order valence-corrected chi connectivity index (χ2v) is 8.20. The Hall–Kier alpha value is -3.26. The Morgan fingerprint density at radius 3 is 2.80 bits per heavy atom. The molecule has 7 nitrogen and oxygen atoms in total. The number of amides is 2. The number of anilines is 1. The van der Waals surface area contributed by atoms with Crippen LogP contribution in [0.3, 0.4) is 0 Å². The lowest BCUT2D eigenvalue weighted by molar-refractivity contribution is -0.115. The van der Waals surface area contributed by atoms with Crippen molar-refractivity contribution >= 4 is 46.1 Å². The molecule has 0 bridgehead atoms. The normalized spacial score (nSPS) is 20.3. The highest BCUT2D eigenvalue weighted by Gasteiger charge is 2.29. The average molecular weight is 421 g/mol. The number of rotatable bonds is 5. The number of oxazole rings is 1. The number of imide groups is 1. The Kier molecular flexibility index (Phi) is 4.92. The molecule has 3 aromatic rings. The number of nitrogens with one attached hydrogen (secondary N) is 1. The Bertz CT molecular complexity index is 1110. The van der Waals surface area contributed by atoms with E-state index in [4.69, 9.17) is 9.15 Å². The lowest BCUT2D eigenvalue weighted by atomic mass is 10.2. The molecule has 30 heavy (non-hydrogen) atoms. The summed E-state index contributed by atoms with van der Waals surface area (Å²) in [6.45, 7) is 1.43. The van der Waals surface area contributed by atoms with E-state index in [-0.39, 0.29) is 17.2 Å². The molecule has 1 atom stereocenters. The molecule has 2 fully saturated rings. The molecule has 1 N–H and O–H groups in total. The number of benzene rings is 2. The Morgan fingerprint density at radius 2 is 2.03 bits per heavy atom. The van der Waals surface area contributed by atoms with Gasteiger partial charge in [0.1, 0.15) is 17.9 Å². The number of carbonyl (C=O) groups excluding carboxylic acids is 2. The van der Waals surface area contributed by atoms with Crippen LogP contribution in [0.15, 0.2) is 57.9 Å². The number of hydrogen-bond acceptors (Lipinski definition) is 7. The fourth-order valence-electron chi connectivity index (χ4n) is 3.67. The lowest BCUT2D eigenvalue weighted by Gasteiger charge is -2.22. The standard InChI is InChI=1S/C22H19N3O4S/c26-20-19(30-22(27)24-20)12-14-7-9-16(10-8-14)28-13-15-4-3-11-25(15)21-23-17-5-1-2-6-18(17)29-21/h1-2,5-10,12,15H,3-4,11,13H2,(H,24,26,27)/t15-/m0/s1. The molecule has 152 valence electrons. The van der Waals surface area contributed by atoms with Crippen molar-refractivity contribution in [3.8, 4) is 5.75 Å². The number of ether oxygens (including phenoxy) is 1. The molecule has 8 heteroatoms. The highest BCUT2D eigenvalue weighted by molar-refractivity contribution is 8.18. The molecule has 2 aromatic carbocycles. The molecule has 2 saturated heterocycles. The molecule has 2 aliphatic rings. The van der Waals surface area contributed by atoms with Gasteiger partial charge in [0.05, 0.1) is 10.9 Å². The van der Waals surface area contributed by atoms with Crippen LogP contribution in [-0.4, -0.2) is 35.3 Å². The zero-order chi connectivity index (χ0) is 20.5. The van der Waals surface area contributed by atoms with Crippen LogP contribution in [-0.2, 0) is 4.79 Å². The van der Waals surface area contributed by atoms with Crippen LogP contribution in [0.25, 0.3) is 17.2 Å². The van der Waals surface area contributed by atoms with Crippen LogP contribution in [0.2, 0.25) is 0 Å². The van der Waals surface area contributed by atoms with Gasteiger partial charge in [0, 0.05) is 6.54 Å². The number of nitrogens with zero attached hydrogens (tertiary/aromatic N) is 2. The predicted octanol–water partition coefficient (Wildman–Crippen LogP) is 4.20. The summed E-state index contributed by atoms with van der Waals surface area (Å²) in [5.41, 5.74) is 2.49. The third-order valence-electron chi connectivity index (χ3n) is 5.17. The van der Waals surface area contributed by atoms with Crippen molar-refractivity contribution in [2.45, 2.75) is 18.9 Å². The van der Waals surface area contributed by atoms with Gasteiger partial charge in [-0.1, -0.05) is 24.3 Å². The first-order valence-electron chi connectivity index (χ1n) is 9.76. The predicted molar refractivity (Wildman–Crippen MR) is 115 cm³/mol. The highest BCUT2D eigenvalue weighted by atomic mass is 32.2. The maximum absolute atomic E-state index is 11.6. The van der Waals surface area contributed by atoms with E-state index in [1.54, 1.807) is 6.08 Å². The van der Waals surface area contributed by atoms with Crippen LogP contribution in [0.4, 0.5) is 10.8 Å². The van der Waals surface area contributed by atoms with Gasteiger partial charge in [-0.05, 0) is 60.5 Å². The summed E-state index contributed by atoms with van der Waals surface area (Å²) in [7, 11) is 0. The molecule has 3 heterocycles. The van der Waals surface area contributed by atoms with Crippen molar-refractivity contribution in [3.63, 3.8) is 0 Å². The van der Waals surface area contributed by atoms with E-state index in [1.165, 1.54) is 0 Å². The first-order valence-corrected chi connectivity index (χ1v) is 10.6. The van der Waals surface area contributed by atoms with Gasteiger partial charge in [-0.25, -0.2) is 0 Å². The van der Waals surface area contributed by atoms with E-state index in [2.05, 4.69) is 15.2 Å². The minimum Gasteiger partial charge on any atom is -0.491 e. The Morgan fingerprint density at radius 1 is 1.20 bits per heavy atom. The third-order valence-corrected chi connectivity index (χ3v) is 5.98. The van der Waals surface area contributed by atoms with Gasteiger partial charge in [0.15, 0.2) is 5.58 Å². The number of fused-ring (bicyclic) bond motifs is 1. The molecule has 0 saturated carbocycles. The molecule has 0 radical (unpaired) electrons. The van der Waals surface area contributed by atoms with Crippen LogP contribution in [0, 0.1) is 0 Å². The number of hydrogen-bond donors (Lipinski definition) is 1. The van der Waals surface area contributed by atoms with Gasteiger partial charge in [0.25, 0.3) is 17.2 Å². The maximum Gasteiger partial charge on any atom is 0.298 e. The largest absolute Gasteiger partial charge is 0.491 e. The second-order valence-electron chi connectivity index (χ2n) is 7.19. The smallest absolute Gasteiger partial charge is 0.298 e. The summed E-state index contributed by atoms with van der Waals surface area (Å²) >= 11 is 0.909. The van der Waals surface area contributed by atoms with E-state index in [0.717, 1.165) is 53.6 Å². The van der Waals surface area contributed by atoms with Crippen molar-refractivity contribution in [2.24, 2.45) is 0 Å².